The first kappa shape index (κ1) is 11.1. The van der Waals surface area contributed by atoms with Crippen LogP contribution in [0.4, 0.5) is 8.78 Å². The van der Waals surface area contributed by atoms with Crippen molar-refractivity contribution >= 4 is 22.6 Å². The summed E-state index contributed by atoms with van der Waals surface area (Å²) in [6, 6.07) is 14.8. The zero-order chi connectivity index (χ0) is 12.0. The Labute approximate surface area is 112 Å². The second-order valence-electron chi connectivity index (χ2n) is 4.15. The molecule has 17 heavy (non-hydrogen) atoms. The molecule has 0 N–H and O–H groups in total. The van der Waals surface area contributed by atoms with Crippen LogP contribution in [0.15, 0.2) is 48.5 Å². The normalized spacial score (nSPS) is 14.5. The number of halogens is 3. The lowest BCUT2D eigenvalue weighted by molar-refractivity contribution is 0.109. The molecule has 0 fully saturated rings. The molecule has 3 heteroatoms. The first-order valence-corrected chi connectivity index (χ1v) is 6.42. The molecule has 0 spiro atoms. The van der Waals surface area contributed by atoms with Crippen LogP contribution in [0.3, 0.4) is 0 Å². The smallest absolute Gasteiger partial charge is 0.194 e. The lowest BCUT2D eigenvalue weighted by Crippen LogP contribution is -2.17. The third-order valence-electron chi connectivity index (χ3n) is 3.16. The van der Waals surface area contributed by atoms with Crippen LogP contribution in [0.25, 0.3) is 11.1 Å². The molecular formula is C14H9F2I. The van der Waals surface area contributed by atoms with Crippen LogP contribution in [0.2, 0.25) is 0 Å². The van der Waals surface area contributed by atoms with Gasteiger partial charge in [-0.15, -0.1) is 0 Å². The van der Waals surface area contributed by atoms with E-state index in [1.165, 1.54) is 22.6 Å². The van der Waals surface area contributed by atoms with Gasteiger partial charge in [-0.2, -0.15) is 8.78 Å². The summed E-state index contributed by atoms with van der Waals surface area (Å²) in [5, 5.41) is 0. The fourth-order valence-electron chi connectivity index (χ4n) is 2.51. The van der Waals surface area contributed by atoms with Gasteiger partial charge in [0, 0.05) is 0 Å². The molecular weight excluding hydrogens is 333 g/mol. The number of benzene rings is 2. The minimum atomic E-state index is -2.76. The molecule has 86 valence electrons. The van der Waals surface area contributed by atoms with Crippen LogP contribution in [0, 0.1) is 0 Å². The van der Waals surface area contributed by atoms with Gasteiger partial charge in [-0.05, 0) is 44.8 Å². The second-order valence-corrected chi connectivity index (χ2v) is 5.59. The van der Waals surface area contributed by atoms with E-state index in [2.05, 4.69) is 0 Å². The van der Waals surface area contributed by atoms with E-state index in [9.17, 15) is 8.78 Å². The Morgan fingerprint density at radius 2 is 1.24 bits per heavy atom. The zero-order valence-corrected chi connectivity index (χ0v) is 11.0. The number of fused-ring (bicyclic) bond motifs is 3. The summed E-state index contributed by atoms with van der Waals surface area (Å²) >= 11 is 1.24. The van der Waals surface area contributed by atoms with Crippen molar-refractivity contribution in [3.05, 3.63) is 59.7 Å². The molecule has 0 amide bonds. The zero-order valence-electron chi connectivity index (χ0n) is 8.83. The highest BCUT2D eigenvalue weighted by molar-refractivity contribution is 14.1. The summed E-state index contributed by atoms with van der Waals surface area (Å²) in [5.41, 5.74) is 3.33. The molecule has 0 nitrogen and oxygen atoms in total. The summed E-state index contributed by atoms with van der Waals surface area (Å²) in [7, 11) is 0. The highest BCUT2D eigenvalue weighted by Crippen LogP contribution is 2.53. The van der Waals surface area contributed by atoms with E-state index in [0.29, 0.717) is 0 Å². The molecule has 0 aliphatic heterocycles. The monoisotopic (exact) mass is 342 g/mol. The van der Waals surface area contributed by atoms with Crippen molar-refractivity contribution in [1.82, 2.24) is 0 Å². The number of rotatable bonds is 1. The standard InChI is InChI=1S/C14H9F2I/c15-14(16,17)13-11-7-3-1-5-9(11)10-6-2-4-8-12(10)13/h1-8,13H. The summed E-state index contributed by atoms with van der Waals surface area (Å²) in [5.74, 6) is -0.824. The van der Waals surface area contributed by atoms with E-state index < -0.39 is 9.85 Å². The van der Waals surface area contributed by atoms with Crippen molar-refractivity contribution in [1.29, 1.82) is 0 Å². The summed E-state index contributed by atoms with van der Waals surface area (Å²) in [6.07, 6.45) is 0. The summed E-state index contributed by atoms with van der Waals surface area (Å²) in [4.78, 5) is 0. The van der Waals surface area contributed by atoms with Gasteiger partial charge in [0.25, 0.3) is 0 Å². The molecule has 0 saturated heterocycles. The van der Waals surface area contributed by atoms with Gasteiger partial charge in [-0.1, -0.05) is 48.5 Å². The maximum atomic E-state index is 13.8. The number of hydrogen-bond acceptors (Lipinski definition) is 0. The van der Waals surface area contributed by atoms with E-state index in [-0.39, 0.29) is 0 Å². The number of alkyl halides is 3. The van der Waals surface area contributed by atoms with Crippen LogP contribution in [-0.4, -0.2) is 3.93 Å². The van der Waals surface area contributed by atoms with E-state index in [4.69, 9.17) is 0 Å². The third kappa shape index (κ3) is 1.68. The molecule has 1 aliphatic carbocycles. The van der Waals surface area contributed by atoms with Gasteiger partial charge >= 0.3 is 3.93 Å². The SMILES string of the molecule is FC(F)(I)C1c2ccccc2-c2ccccc21. The molecule has 2 aromatic rings. The van der Waals surface area contributed by atoms with Gasteiger partial charge in [0.2, 0.25) is 0 Å². The minimum absolute atomic E-state index is 0.730. The topological polar surface area (TPSA) is 0 Å². The second kappa shape index (κ2) is 3.77. The molecule has 2 aromatic carbocycles. The van der Waals surface area contributed by atoms with E-state index in [1.807, 2.05) is 36.4 Å². The molecule has 0 saturated carbocycles. The molecule has 0 bridgehead atoms. The van der Waals surface area contributed by atoms with Crippen molar-refractivity contribution in [2.24, 2.45) is 0 Å². The lowest BCUT2D eigenvalue weighted by atomic mass is 9.98. The van der Waals surface area contributed by atoms with Crippen molar-refractivity contribution in [3.8, 4) is 11.1 Å². The van der Waals surface area contributed by atoms with Crippen LogP contribution >= 0.6 is 22.6 Å². The maximum Gasteiger partial charge on any atom is 0.307 e. The summed E-state index contributed by atoms with van der Waals surface area (Å²) < 4.78 is 24.8. The third-order valence-corrected chi connectivity index (χ3v) is 3.78. The molecule has 0 radical (unpaired) electrons. The average molecular weight is 342 g/mol. The number of hydrogen-bond donors (Lipinski definition) is 0. The van der Waals surface area contributed by atoms with Crippen molar-refractivity contribution in [2.45, 2.75) is 9.85 Å². The summed E-state index contributed by atoms with van der Waals surface area (Å²) in [6.45, 7) is 0. The van der Waals surface area contributed by atoms with Gasteiger partial charge in [-0.25, -0.2) is 0 Å². The molecule has 0 aromatic heterocycles. The average Bonchev–Trinajstić information content (AvgIpc) is 2.63. The molecule has 3 rings (SSSR count). The van der Waals surface area contributed by atoms with Gasteiger partial charge in [0.15, 0.2) is 0 Å². The van der Waals surface area contributed by atoms with E-state index >= 15 is 0 Å². The quantitative estimate of drug-likeness (QED) is 0.515. The van der Waals surface area contributed by atoms with Crippen LogP contribution in [-0.2, 0) is 0 Å². The largest absolute Gasteiger partial charge is 0.307 e. The molecule has 0 atom stereocenters. The van der Waals surface area contributed by atoms with Gasteiger partial charge < -0.3 is 0 Å². The van der Waals surface area contributed by atoms with E-state index in [0.717, 1.165) is 22.3 Å². The Kier molecular flexibility index (Phi) is 2.47. The van der Waals surface area contributed by atoms with Gasteiger partial charge in [0.1, 0.15) is 0 Å². The van der Waals surface area contributed by atoms with E-state index in [1.54, 1.807) is 12.1 Å². The predicted octanol–water partition coefficient (Wildman–Crippen LogP) is 4.83. The molecule has 1 aliphatic rings. The molecule has 0 heterocycles. The van der Waals surface area contributed by atoms with Crippen LogP contribution in [0.5, 0.6) is 0 Å². The lowest BCUT2D eigenvalue weighted by Gasteiger charge is -2.19. The fourth-order valence-corrected chi connectivity index (χ4v) is 3.18. The van der Waals surface area contributed by atoms with Crippen LogP contribution in [0.1, 0.15) is 17.0 Å². The van der Waals surface area contributed by atoms with Crippen molar-refractivity contribution in [3.63, 3.8) is 0 Å². The van der Waals surface area contributed by atoms with Crippen molar-refractivity contribution < 1.29 is 8.78 Å². The first-order valence-electron chi connectivity index (χ1n) is 5.34. The minimum Gasteiger partial charge on any atom is -0.194 e. The Hall–Kier alpha value is -0.970. The highest BCUT2D eigenvalue weighted by Gasteiger charge is 2.44. The fraction of sp³-hybridized carbons (Fsp3) is 0.143. The first-order chi connectivity index (χ1) is 8.09. The Bertz CT molecular complexity index is 527. The Morgan fingerprint density at radius 3 is 1.65 bits per heavy atom. The van der Waals surface area contributed by atoms with Crippen LogP contribution < -0.4 is 0 Å². The van der Waals surface area contributed by atoms with Gasteiger partial charge in [0.05, 0.1) is 5.92 Å². The maximum absolute atomic E-state index is 13.8. The predicted molar refractivity (Wildman–Crippen MR) is 72.7 cm³/mol. The van der Waals surface area contributed by atoms with Gasteiger partial charge in [-0.3, -0.25) is 0 Å². The Morgan fingerprint density at radius 1 is 0.824 bits per heavy atom. The highest BCUT2D eigenvalue weighted by atomic mass is 127. The molecule has 0 unspecified atom stereocenters. The Balaban J connectivity index is 2.31. The van der Waals surface area contributed by atoms with Crippen molar-refractivity contribution in [2.75, 3.05) is 0 Å².